The van der Waals surface area contributed by atoms with Crippen LogP contribution >= 0.6 is 11.3 Å². The fourth-order valence-electron chi connectivity index (χ4n) is 2.67. The minimum absolute atomic E-state index is 0.0259. The Bertz CT molecular complexity index is 1220. The van der Waals surface area contributed by atoms with E-state index in [1.165, 1.54) is 34.4 Å². The molecule has 1 aromatic carbocycles. The number of halogens is 1. The third kappa shape index (κ3) is 6.07. The predicted molar refractivity (Wildman–Crippen MR) is 128 cm³/mol. The Kier molecular flexibility index (Phi) is 7.62. The second-order valence-electron chi connectivity index (χ2n) is 7.15. The molecule has 3 rings (SSSR count). The van der Waals surface area contributed by atoms with E-state index in [-0.39, 0.29) is 22.9 Å². The van der Waals surface area contributed by atoms with E-state index in [0.717, 1.165) is 6.07 Å². The summed E-state index contributed by atoms with van der Waals surface area (Å²) in [6.07, 6.45) is 3.16. The molecule has 2 N–H and O–H groups in total. The number of pyridine rings is 1. The molecule has 2 heterocycles. The molecule has 8 nitrogen and oxygen atoms in total. The quantitative estimate of drug-likeness (QED) is 0.515. The average molecular weight is 467 g/mol. The van der Waals surface area contributed by atoms with Gasteiger partial charge in [-0.25, -0.2) is 14.4 Å². The van der Waals surface area contributed by atoms with Crippen LogP contribution in [0.3, 0.4) is 0 Å². The monoisotopic (exact) mass is 466 g/mol. The SMILES string of the molecule is CN/C(C)=C\C(=Nc1ccc(C(=O)N(C)C)cc1F)C(=O)Nc1nc(-c2ccccn2)cs1. The Balaban J connectivity index is 1.89. The average Bonchev–Trinajstić information content (AvgIpc) is 3.28. The zero-order chi connectivity index (χ0) is 24.0. The third-order valence-corrected chi connectivity index (χ3v) is 5.23. The fraction of sp³-hybridized carbons (Fsp3) is 0.174. The summed E-state index contributed by atoms with van der Waals surface area (Å²) in [5, 5.41) is 7.75. The van der Waals surface area contributed by atoms with Crippen LogP contribution in [0.15, 0.2) is 64.7 Å². The van der Waals surface area contributed by atoms with E-state index in [9.17, 15) is 14.0 Å². The van der Waals surface area contributed by atoms with Crippen LogP contribution in [-0.4, -0.2) is 53.5 Å². The van der Waals surface area contributed by atoms with Gasteiger partial charge in [0.1, 0.15) is 17.2 Å². The number of carbonyl (C=O) groups excluding carboxylic acids is 2. The number of anilines is 1. The highest BCUT2D eigenvalue weighted by atomic mass is 32.1. The Morgan fingerprint density at radius 1 is 1.18 bits per heavy atom. The molecule has 0 spiro atoms. The number of thiazole rings is 1. The van der Waals surface area contributed by atoms with Crippen LogP contribution in [0.4, 0.5) is 15.2 Å². The van der Waals surface area contributed by atoms with Crippen LogP contribution in [0.5, 0.6) is 0 Å². The van der Waals surface area contributed by atoms with Crippen LogP contribution in [0.1, 0.15) is 17.3 Å². The van der Waals surface area contributed by atoms with Gasteiger partial charge in [-0.1, -0.05) is 6.07 Å². The summed E-state index contributed by atoms with van der Waals surface area (Å²) < 4.78 is 14.7. The number of amides is 2. The van der Waals surface area contributed by atoms with E-state index in [0.29, 0.717) is 22.2 Å². The zero-order valence-corrected chi connectivity index (χ0v) is 19.4. The molecule has 170 valence electrons. The molecule has 3 aromatic rings. The first-order valence-corrected chi connectivity index (χ1v) is 10.8. The number of hydrogen-bond acceptors (Lipinski definition) is 7. The second-order valence-corrected chi connectivity index (χ2v) is 8.01. The van der Waals surface area contributed by atoms with E-state index < -0.39 is 11.7 Å². The molecule has 0 saturated carbocycles. The van der Waals surface area contributed by atoms with E-state index in [4.69, 9.17) is 0 Å². The van der Waals surface area contributed by atoms with Crippen molar-refractivity contribution in [1.82, 2.24) is 20.2 Å². The van der Waals surface area contributed by atoms with Crippen LogP contribution in [0, 0.1) is 5.82 Å². The molecule has 2 amide bonds. The van der Waals surface area contributed by atoms with Crippen molar-refractivity contribution in [1.29, 1.82) is 0 Å². The standard InChI is InChI=1S/C23H23FN6O2S/c1-14(25-2)11-19(27-17-9-8-15(12-16(17)24)22(32)30(3)4)21(31)29-23-28-20(13-33-23)18-7-5-6-10-26-18/h5-13,25H,1-4H3,(H,28,29,31)/b14-11-,27-19?. The molecule has 2 aromatic heterocycles. The van der Waals surface area contributed by atoms with E-state index in [1.54, 1.807) is 45.7 Å². The maximum absolute atomic E-state index is 14.7. The first-order valence-electron chi connectivity index (χ1n) is 9.92. The second kappa shape index (κ2) is 10.6. The number of hydrogen-bond donors (Lipinski definition) is 2. The van der Waals surface area contributed by atoms with Gasteiger partial charge < -0.3 is 10.2 Å². The van der Waals surface area contributed by atoms with Crippen molar-refractivity contribution in [2.75, 3.05) is 26.5 Å². The lowest BCUT2D eigenvalue weighted by Gasteiger charge is -2.11. The maximum Gasteiger partial charge on any atom is 0.276 e. The molecule has 0 aliphatic heterocycles. The summed E-state index contributed by atoms with van der Waals surface area (Å²) in [5.41, 5.74) is 2.06. The lowest BCUT2D eigenvalue weighted by molar-refractivity contribution is -0.110. The van der Waals surface area contributed by atoms with Gasteiger partial charge >= 0.3 is 0 Å². The molecular formula is C23H23FN6O2S. The molecule has 0 aliphatic rings. The lowest BCUT2D eigenvalue weighted by Crippen LogP contribution is -2.23. The van der Waals surface area contributed by atoms with E-state index >= 15 is 0 Å². The summed E-state index contributed by atoms with van der Waals surface area (Å²) in [6.45, 7) is 1.75. The Labute approximate surface area is 194 Å². The topological polar surface area (TPSA) is 99.6 Å². The third-order valence-electron chi connectivity index (χ3n) is 4.47. The highest BCUT2D eigenvalue weighted by Crippen LogP contribution is 2.24. The highest BCUT2D eigenvalue weighted by Gasteiger charge is 2.16. The summed E-state index contributed by atoms with van der Waals surface area (Å²) >= 11 is 1.24. The Morgan fingerprint density at radius 3 is 2.61 bits per heavy atom. The van der Waals surface area contributed by atoms with Crippen LogP contribution in [0.2, 0.25) is 0 Å². The summed E-state index contributed by atoms with van der Waals surface area (Å²) in [5.74, 6) is -1.60. The molecule has 0 saturated heterocycles. The summed E-state index contributed by atoms with van der Waals surface area (Å²) in [4.78, 5) is 39.2. The van der Waals surface area contributed by atoms with Crippen molar-refractivity contribution >= 4 is 39.7 Å². The number of allylic oxidation sites excluding steroid dienone is 1. The predicted octanol–water partition coefficient (Wildman–Crippen LogP) is 3.88. The van der Waals surface area contributed by atoms with Crippen molar-refractivity contribution in [3.8, 4) is 11.4 Å². The van der Waals surface area contributed by atoms with Gasteiger partial charge in [-0.05, 0) is 43.3 Å². The Morgan fingerprint density at radius 2 is 1.97 bits per heavy atom. The minimum atomic E-state index is -0.713. The Hall–Kier alpha value is -3.92. The number of nitrogens with zero attached hydrogens (tertiary/aromatic N) is 4. The maximum atomic E-state index is 14.7. The van der Waals surface area contributed by atoms with Gasteiger partial charge in [0.05, 0.1) is 11.4 Å². The van der Waals surface area contributed by atoms with Crippen molar-refractivity contribution in [2.45, 2.75) is 6.92 Å². The highest BCUT2D eigenvalue weighted by molar-refractivity contribution is 7.14. The normalized spacial score (nSPS) is 11.8. The number of carbonyl (C=O) groups is 2. The number of aromatic nitrogens is 2. The first-order chi connectivity index (χ1) is 15.8. The van der Waals surface area contributed by atoms with Crippen molar-refractivity contribution < 1.29 is 14.0 Å². The molecular weight excluding hydrogens is 443 g/mol. The number of benzene rings is 1. The molecule has 0 aliphatic carbocycles. The van der Waals surface area contributed by atoms with Gasteiger partial charge in [0.2, 0.25) is 0 Å². The van der Waals surface area contributed by atoms with Gasteiger partial charge in [-0.3, -0.25) is 19.9 Å². The molecule has 0 unspecified atom stereocenters. The molecule has 0 bridgehead atoms. The number of aliphatic imine (C=N–C) groups is 1. The summed E-state index contributed by atoms with van der Waals surface area (Å²) in [7, 11) is 4.86. The summed E-state index contributed by atoms with van der Waals surface area (Å²) in [6, 6.07) is 9.41. The van der Waals surface area contributed by atoms with Crippen molar-refractivity contribution in [3.05, 3.63) is 71.1 Å². The molecule has 0 radical (unpaired) electrons. The molecule has 33 heavy (non-hydrogen) atoms. The van der Waals surface area contributed by atoms with Gasteiger partial charge in [0, 0.05) is 44.0 Å². The fourth-order valence-corrected chi connectivity index (χ4v) is 3.37. The van der Waals surface area contributed by atoms with E-state index in [1.807, 2.05) is 12.1 Å². The minimum Gasteiger partial charge on any atom is -0.392 e. The lowest BCUT2D eigenvalue weighted by atomic mass is 10.1. The van der Waals surface area contributed by atoms with Crippen LogP contribution < -0.4 is 10.6 Å². The smallest absolute Gasteiger partial charge is 0.276 e. The molecule has 0 fully saturated rings. The molecule has 0 atom stereocenters. The van der Waals surface area contributed by atoms with Gasteiger partial charge in [0.15, 0.2) is 5.13 Å². The van der Waals surface area contributed by atoms with Crippen molar-refractivity contribution in [2.24, 2.45) is 4.99 Å². The molecule has 10 heteroatoms. The van der Waals surface area contributed by atoms with Gasteiger partial charge in [-0.2, -0.15) is 0 Å². The van der Waals surface area contributed by atoms with Crippen LogP contribution in [-0.2, 0) is 4.79 Å². The van der Waals surface area contributed by atoms with Crippen molar-refractivity contribution in [3.63, 3.8) is 0 Å². The van der Waals surface area contributed by atoms with Gasteiger partial charge in [0.25, 0.3) is 11.8 Å². The van der Waals surface area contributed by atoms with Gasteiger partial charge in [-0.15, -0.1) is 11.3 Å². The number of rotatable bonds is 7. The van der Waals surface area contributed by atoms with Crippen LogP contribution in [0.25, 0.3) is 11.4 Å². The first kappa shape index (κ1) is 23.7. The largest absolute Gasteiger partial charge is 0.392 e. The zero-order valence-electron chi connectivity index (χ0n) is 18.6. The van der Waals surface area contributed by atoms with E-state index in [2.05, 4.69) is 25.6 Å². The number of nitrogens with one attached hydrogen (secondary N) is 2.